The van der Waals surface area contributed by atoms with Crippen molar-refractivity contribution >= 4 is 17.4 Å². The lowest BCUT2D eigenvalue weighted by molar-refractivity contribution is -0.119. The predicted molar refractivity (Wildman–Crippen MR) is 67.0 cm³/mol. The fraction of sp³-hybridized carbons (Fsp3) is 0.333. The van der Waals surface area contributed by atoms with E-state index in [0.29, 0.717) is 12.1 Å². The van der Waals surface area contributed by atoms with E-state index in [1.54, 1.807) is 6.92 Å². The summed E-state index contributed by atoms with van der Waals surface area (Å²) >= 11 is 0. The summed E-state index contributed by atoms with van der Waals surface area (Å²) < 4.78 is 13.4. The Labute approximate surface area is 104 Å². The number of hydrogen-bond acceptors (Lipinski definition) is 3. The SMILES string of the molecule is CCC(C)C(=O)Nc1ccc(F)c(C(N)=NO)c1. The molecule has 98 valence electrons. The number of carbonyl (C=O) groups excluding carboxylic acids is 1. The number of nitrogens with zero attached hydrogens (tertiary/aromatic N) is 1. The van der Waals surface area contributed by atoms with Gasteiger partial charge in [0, 0.05) is 11.6 Å². The second-order valence-corrected chi connectivity index (χ2v) is 3.98. The first-order valence-electron chi connectivity index (χ1n) is 5.57. The smallest absolute Gasteiger partial charge is 0.227 e. The van der Waals surface area contributed by atoms with Crippen molar-refractivity contribution in [1.82, 2.24) is 0 Å². The van der Waals surface area contributed by atoms with E-state index in [2.05, 4.69) is 10.5 Å². The van der Waals surface area contributed by atoms with Crippen molar-refractivity contribution in [2.24, 2.45) is 16.8 Å². The van der Waals surface area contributed by atoms with Crippen LogP contribution in [-0.4, -0.2) is 17.0 Å². The topological polar surface area (TPSA) is 87.7 Å². The van der Waals surface area contributed by atoms with Crippen molar-refractivity contribution in [1.29, 1.82) is 0 Å². The summed E-state index contributed by atoms with van der Waals surface area (Å²) in [5, 5.41) is 13.9. The molecule has 0 bridgehead atoms. The minimum Gasteiger partial charge on any atom is -0.409 e. The minimum atomic E-state index is -0.619. The van der Waals surface area contributed by atoms with Crippen molar-refractivity contribution in [3.63, 3.8) is 0 Å². The van der Waals surface area contributed by atoms with Crippen LogP contribution >= 0.6 is 0 Å². The number of nitrogens with one attached hydrogen (secondary N) is 1. The number of amides is 1. The molecule has 0 saturated carbocycles. The van der Waals surface area contributed by atoms with Crippen molar-refractivity contribution in [2.75, 3.05) is 5.32 Å². The number of amidine groups is 1. The summed E-state index contributed by atoms with van der Waals surface area (Å²) in [5.41, 5.74) is 5.68. The number of nitrogens with two attached hydrogens (primary N) is 1. The monoisotopic (exact) mass is 253 g/mol. The van der Waals surface area contributed by atoms with Crippen LogP contribution in [0.5, 0.6) is 0 Å². The fourth-order valence-corrected chi connectivity index (χ4v) is 1.30. The molecule has 0 spiro atoms. The van der Waals surface area contributed by atoms with Gasteiger partial charge in [-0.15, -0.1) is 0 Å². The summed E-state index contributed by atoms with van der Waals surface area (Å²) in [7, 11) is 0. The number of benzene rings is 1. The maximum absolute atomic E-state index is 13.4. The molecule has 1 amide bonds. The summed E-state index contributed by atoms with van der Waals surface area (Å²) in [4.78, 5) is 11.7. The van der Waals surface area contributed by atoms with Crippen LogP contribution in [-0.2, 0) is 4.79 Å². The van der Waals surface area contributed by atoms with Gasteiger partial charge in [0.1, 0.15) is 5.82 Å². The van der Waals surface area contributed by atoms with Crippen LogP contribution in [0.25, 0.3) is 0 Å². The molecular weight excluding hydrogens is 237 g/mol. The summed E-state index contributed by atoms with van der Waals surface area (Å²) in [6.07, 6.45) is 0.708. The zero-order valence-corrected chi connectivity index (χ0v) is 10.3. The molecule has 0 aliphatic heterocycles. The molecule has 4 N–H and O–H groups in total. The maximum Gasteiger partial charge on any atom is 0.227 e. The Hall–Kier alpha value is -2.11. The van der Waals surface area contributed by atoms with Crippen LogP contribution < -0.4 is 11.1 Å². The van der Waals surface area contributed by atoms with Gasteiger partial charge in [-0.25, -0.2) is 4.39 Å². The lowest BCUT2D eigenvalue weighted by Crippen LogP contribution is -2.21. The van der Waals surface area contributed by atoms with Crippen molar-refractivity contribution in [2.45, 2.75) is 20.3 Å². The molecule has 0 radical (unpaired) electrons. The molecule has 0 fully saturated rings. The molecule has 0 saturated heterocycles. The molecule has 0 aliphatic rings. The molecule has 6 heteroatoms. The van der Waals surface area contributed by atoms with E-state index in [4.69, 9.17) is 10.9 Å². The Morgan fingerprint density at radius 1 is 1.61 bits per heavy atom. The van der Waals surface area contributed by atoms with E-state index in [9.17, 15) is 9.18 Å². The highest BCUT2D eigenvalue weighted by Gasteiger charge is 2.13. The summed E-state index contributed by atoms with van der Waals surface area (Å²) in [6.45, 7) is 3.69. The number of oxime groups is 1. The molecule has 1 rings (SSSR count). The van der Waals surface area contributed by atoms with Gasteiger partial charge in [-0.2, -0.15) is 0 Å². The Morgan fingerprint density at radius 2 is 2.28 bits per heavy atom. The maximum atomic E-state index is 13.4. The first kappa shape index (κ1) is 14.0. The normalized spacial score (nSPS) is 13.2. The summed E-state index contributed by atoms with van der Waals surface area (Å²) in [6, 6.07) is 3.90. The molecular formula is C12H16FN3O2. The molecule has 0 aliphatic carbocycles. The van der Waals surface area contributed by atoms with Gasteiger partial charge in [-0.3, -0.25) is 4.79 Å². The summed E-state index contributed by atoms with van der Waals surface area (Å²) in [5.74, 6) is -1.25. The first-order valence-corrected chi connectivity index (χ1v) is 5.57. The van der Waals surface area contributed by atoms with Crippen molar-refractivity contribution < 1.29 is 14.4 Å². The Balaban J connectivity index is 2.96. The quantitative estimate of drug-likeness (QED) is 0.331. The molecule has 18 heavy (non-hydrogen) atoms. The van der Waals surface area contributed by atoms with Crippen LogP contribution in [0, 0.1) is 11.7 Å². The number of halogens is 1. The average Bonchev–Trinajstić information content (AvgIpc) is 2.38. The standard InChI is InChI=1S/C12H16FN3O2/c1-3-7(2)12(17)15-8-4-5-10(13)9(6-8)11(14)16-18/h4-7,18H,3H2,1-2H3,(H2,14,16)(H,15,17). The first-order chi connectivity index (χ1) is 8.49. The van der Waals surface area contributed by atoms with E-state index >= 15 is 0 Å². The van der Waals surface area contributed by atoms with Gasteiger partial charge in [-0.1, -0.05) is 19.0 Å². The van der Waals surface area contributed by atoms with Crippen LogP contribution in [0.4, 0.5) is 10.1 Å². The molecule has 1 aromatic rings. The third-order valence-corrected chi connectivity index (χ3v) is 2.68. The highest BCUT2D eigenvalue weighted by molar-refractivity contribution is 5.99. The Kier molecular flexibility index (Phi) is 4.65. The van der Waals surface area contributed by atoms with Gasteiger partial charge in [0.05, 0.1) is 5.56 Å². The Bertz CT molecular complexity index is 474. The van der Waals surface area contributed by atoms with Gasteiger partial charge in [0.15, 0.2) is 5.84 Å². The zero-order valence-electron chi connectivity index (χ0n) is 10.3. The van der Waals surface area contributed by atoms with Crippen LogP contribution in [0.2, 0.25) is 0 Å². The van der Waals surface area contributed by atoms with Crippen LogP contribution in [0.15, 0.2) is 23.4 Å². The number of hydrogen-bond donors (Lipinski definition) is 3. The molecule has 0 aromatic heterocycles. The Morgan fingerprint density at radius 3 is 2.83 bits per heavy atom. The van der Waals surface area contributed by atoms with Gasteiger partial charge in [0.2, 0.25) is 5.91 Å². The van der Waals surface area contributed by atoms with Gasteiger partial charge in [-0.05, 0) is 24.6 Å². The third-order valence-electron chi connectivity index (χ3n) is 2.68. The van der Waals surface area contributed by atoms with Gasteiger partial charge >= 0.3 is 0 Å². The molecule has 0 heterocycles. The lowest BCUT2D eigenvalue weighted by Gasteiger charge is -2.11. The minimum absolute atomic E-state index is 0.0561. The fourth-order valence-electron chi connectivity index (χ4n) is 1.30. The molecule has 1 atom stereocenters. The average molecular weight is 253 g/mol. The highest BCUT2D eigenvalue weighted by atomic mass is 19.1. The second-order valence-electron chi connectivity index (χ2n) is 3.98. The van der Waals surface area contributed by atoms with E-state index in [1.807, 2.05) is 6.92 Å². The van der Waals surface area contributed by atoms with E-state index < -0.39 is 5.82 Å². The van der Waals surface area contributed by atoms with Gasteiger partial charge in [0.25, 0.3) is 0 Å². The lowest BCUT2D eigenvalue weighted by atomic mass is 10.1. The highest BCUT2D eigenvalue weighted by Crippen LogP contribution is 2.16. The number of carbonyl (C=O) groups is 1. The zero-order chi connectivity index (χ0) is 13.7. The van der Waals surface area contributed by atoms with E-state index in [0.717, 1.165) is 6.07 Å². The van der Waals surface area contributed by atoms with Crippen molar-refractivity contribution in [3.05, 3.63) is 29.6 Å². The van der Waals surface area contributed by atoms with Crippen LogP contribution in [0.1, 0.15) is 25.8 Å². The van der Waals surface area contributed by atoms with Crippen LogP contribution in [0.3, 0.4) is 0 Å². The molecule has 5 nitrogen and oxygen atoms in total. The largest absolute Gasteiger partial charge is 0.409 e. The van der Waals surface area contributed by atoms with Gasteiger partial charge < -0.3 is 16.3 Å². The van der Waals surface area contributed by atoms with Crippen molar-refractivity contribution in [3.8, 4) is 0 Å². The number of anilines is 1. The number of rotatable bonds is 4. The predicted octanol–water partition coefficient (Wildman–Crippen LogP) is 1.90. The molecule has 1 aromatic carbocycles. The van der Waals surface area contributed by atoms with E-state index in [1.165, 1.54) is 12.1 Å². The second kappa shape index (κ2) is 6.00. The third kappa shape index (κ3) is 3.19. The van der Waals surface area contributed by atoms with E-state index in [-0.39, 0.29) is 23.2 Å². The molecule has 1 unspecified atom stereocenters.